The summed E-state index contributed by atoms with van der Waals surface area (Å²) in [5, 5.41) is 12.3. The van der Waals surface area contributed by atoms with Gasteiger partial charge in [0.05, 0.1) is 6.42 Å². The third kappa shape index (κ3) is 5.16. The average Bonchev–Trinajstić information content (AvgIpc) is 3.21. The number of pyridine rings is 1. The Hall–Kier alpha value is -4.24. The third-order valence-corrected chi connectivity index (χ3v) is 4.93. The SMILES string of the molecule is NC(=O)c1c(-c2ccc(NC(=O)Cc3ccccc3)cc2)n[nH]c1Nc1nc(Cl)ccc1F. The molecule has 166 valence electrons. The Morgan fingerprint density at radius 2 is 1.76 bits per heavy atom. The van der Waals surface area contributed by atoms with E-state index in [-0.39, 0.29) is 40.4 Å². The Kier molecular flexibility index (Phi) is 6.32. The fourth-order valence-electron chi connectivity index (χ4n) is 3.20. The molecule has 0 aliphatic rings. The van der Waals surface area contributed by atoms with E-state index in [9.17, 15) is 14.0 Å². The summed E-state index contributed by atoms with van der Waals surface area (Å²) < 4.78 is 14.0. The van der Waals surface area contributed by atoms with Crippen molar-refractivity contribution in [2.75, 3.05) is 10.6 Å². The lowest BCUT2D eigenvalue weighted by Gasteiger charge is -2.08. The van der Waals surface area contributed by atoms with Crippen molar-refractivity contribution in [3.05, 3.63) is 88.8 Å². The second kappa shape index (κ2) is 9.49. The first-order valence-electron chi connectivity index (χ1n) is 9.82. The number of primary amides is 1. The van der Waals surface area contributed by atoms with Gasteiger partial charge in [0.25, 0.3) is 5.91 Å². The lowest BCUT2D eigenvalue weighted by Crippen LogP contribution is -2.14. The zero-order valence-corrected chi connectivity index (χ0v) is 17.9. The van der Waals surface area contributed by atoms with Gasteiger partial charge in [-0.1, -0.05) is 54.1 Å². The highest BCUT2D eigenvalue weighted by molar-refractivity contribution is 6.29. The fourth-order valence-corrected chi connectivity index (χ4v) is 3.35. The van der Waals surface area contributed by atoms with Gasteiger partial charge in [-0.25, -0.2) is 9.37 Å². The van der Waals surface area contributed by atoms with E-state index in [0.29, 0.717) is 11.3 Å². The molecule has 0 bridgehead atoms. The van der Waals surface area contributed by atoms with Crippen LogP contribution in [0.1, 0.15) is 15.9 Å². The maximum Gasteiger partial charge on any atom is 0.254 e. The van der Waals surface area contributed by atoms with Gasteiger partial charge in [0, 0.05) is 11.3 Å². The second-order valence-electron chi connectivity index (χ2n) is 7.06. The van der Waals surface area contributed by atoms with Gasteiger partial charge >= 0.3 is 0 Å². The molecule has 0 atom stereocenters. The summed E-state index contributed by atoms with van der Waals surface area (Å²) >= 11 is 5.82. The molecule has 0 saturated carbocycles. The number of nitrogens with two attached hydrogens (primary N) is 1. The number of nitrogens with zero attached hydrogens (tertiary/aromatic N) is 2. The van der Waals surface area contributed by atoms with Crippen molar-refractivity contribution >= 4 is 40.7 Å². The number of amides is 2. The van der Waals surface area contributed by atoms with Crippen LogP contribution in [0.4, 0.5) is 21.7 Å². The molecule has 0 saturated heterocycles. The maximum absolute atomic E-state index is 14.0. The molecule has 4 aromatic rings. The van der Waals surface area contributed by atoms with Crippen molar-refractivity contribution in [2.45, 2.75) is 6.42 Å². The molecule has 2 aromatic carbocycles. The van der Waals surface area contributed by atoms with Crippen LogP contribution in [-0.2, 0) is 11.2 Å². The van der Waals surface area contributed by atoms with Gasteiger partial charge in [-0.3, -0.25) is 14.7 Å². The van der Waals surface area contributed by atoms with Crippen molar-refractivity contribution in [3.8, 4) is 11.3 Å². The number of carbonyl (C=O) groups excluding carboxylic acids is 2. The average molecular weight is 465 g/mol. The number of H-pyrrole nitrogens is 1. The van der Waals surface area contributed by atoms with Gasteiger partial charge in [0.2, 0.25) is 5.91 Å². The van der Waals surface area contributed by atoms with Gasteiger partial charge in [-0.15, -0.1) is 0 Å². The minimum Gasteiger partial charge on any atom is -0.365 e. The molecule has 0 spiro atoms. The molecule has 4 rings (SSSR count). The van der Waals surface area contributed by atoms with Crippen molar-refractivity contribution in [1.82, 2.24) is 15.2 Å². The predicted octanol–water partition coefficient (Wildman–Crippen LogP) is 4.29. The number of halogens is 2. The first kappa shape index (κ1) is 22.0. The van der Waals surface area contributed by atoms with Crippen molar-refractivity contribution in [1.29, 1.82) is 0 Å². The van der Waals surface area contributed by atoms with Gasteiger partial charge in [0.15, 0.2) is 11.6 Å². The Bertz CT molecular complexity index is 1310. The molecule has 5 N–H and O–H groups in total. The van der Waals surface area contributed by atoms with Crippen LogP contribution in [0.3, 0.4) is 0 Å². The quantitative estimate of drug-likeness (QED) is 0.303. The number of carbonyl (C=O) groups is 2. The summed E-state index contributed by atoms with van der Waals surface area (Å²) in [6, 6.07) is 18.6. The topological polar surface area (TPSA) is 126 Å². The lowest BCUT2D eigenvalue weighted by molar-refractivity contribution is -0.115. The number of rotatable bonds is 7. The molecule has 2 amide bonds. The van der Waals surface area contributed by atoms with E-state index in [2.05, 4.69) is 25.8 Å². The summed E-state index contributed by atoms with van der Waals surface area (Å²) in [5.74, 6) is -1.71. The van der Waals surface area contributed by atoms with Crippen LogP contribution in [0, 0.1) is 5.82 Å². The largest absolute Gasteiger partial charge is 0.365 e. The Labute approximate surface area is 193 Å². The molecule has 0 aliphatic carbocycles. The number of hydrogen-bond donors (Lipinski definition) is 4. The minimum atomic E-state index is -0.774. The summed E-state index contributed by atoms with van der Waals surface area (Å²) in [7, 11) is 0. The van der Waals surface area contributed by atoms with Crippen LogP contribution in [0.25, 0.3) is 11.3 Å². The van der Waals surface area contributed by atoms with Crippen LogP contribution >= 0.6 is 11.6 Å². The Morgan fingerprint density at radius 3 is 2.45 bits per heavy atom. The molecule has 0 aliphatic heterocycles. The van der Waals surface area contributed by atoms with E-state index in [1.165, 1.54) is 6.07 Å². The predicted molar refractivity (Wildman–Crippen MR) is 124 cm³/mol. The molecule has 0 radical (unpaired) electrons. The summed E-state index contributed by atoms with van der Waals surface area (Å²) in [5.41, 5.74) is 7.88. The van der Waals surface area contributed by atoms with Crippen LogP contribution < -0.4 is 16.4 Å². The maximum atomic E-state index is 14.0. The Balaban J connectivity index is 1.53. The van der Waals surface area contributed by atoms with E-state index in [1.807, 2.05) is 30.3 Å². The smallest absolute Gasteiger partial charge is 0.254 e. The van der Waals surface area contributed by atoms with Gasteiger partial charge in [-0.05, 0) is 29.8 Å². The Morgan fingerprint density at radius 1 is 1.03 bits per heavy atom. The summed E-state index contributed by atoms with van der Waals surface area (Å²) in [6.45, 7) is 0. The molecule has 0 fully saturated rings. The number of hydrogen-bond acceptors (Lipinski definition) is 5. The van der Waals surface area contributed by atoms with Crippen molar-refractivity contribution in [3.63, 3.8) is 0 Å². The summed E-state index contributed by atoms with van der Waals surface area (Å²) in [6.07, 6.45) is 0.247. The van der Waals surface area contributed by atoms with E-state index in [0.717, 1.165) is 11.6 Å². The molecule has 2 aromatic heterocycles. The van der Waals surface area contributed by atoms with Crippen LogP contribution in [0.5, 0.6) is 0 Å². The standard InChI is InChI=1S/C23H18ClFN6O2/c24-17-11-10-16(25)22(28-17)29-23-19(21(26)33)20(30-31-23)14-6-8-15(9-7-14)27-18(32)12-13-4-2-1-3-5-13/h1-11H,12H2,(H2,26,33)(H,27,32)(H2,28,29,30,31). The highest BCUT2D eigenvalue weighted by atomic mass is 35.5. The number of benzene rings is 2. The second-order valence-corrected chi connectivity index (χ2v) is 7.45. The molecule has 10 heteroatoms. The monoisotopic (exact) mass is 464 g/mol. The van der Waals surface area contributed by atoms with E-state index in [1.54, 1.807) is 24.3 Å². The molecular formula is C23H18ClFN6O2. The van der Waals surface area contributed by atoms with E-state index in [4.69, 9.17) is 17.3 Å². The number of nitrogens with one attached hydrogen (secondary N) is 3. The number of aromatic nitrogens is 3. The zero-order chi connectivity index (χ0) is 23.4. The number of aromatic amines is 1. The summed E-state index contributed by atoms with van der Waals surface area (Å²) in [4.78, 5) is 28.3. The van der Waals surface area contributed by atoms with Crippen LogP contribution in [-0.4, -0.2) is 27.0 Å². The first-order chi connectivity index (χ1) is 15.9. The lowest BCUT2D eigenvalue weighted by atomic mass is 10.1. The van der Waals surface area contributed by atoms with E-state index < -0.39 is 11.7 Å². The minimum absolute atomic E-state index is 0.0250. The van der Waals surface area contributed by atoms with E-state index >= 15 is 0 Å². The first-order valence-corrected chi connectivity index (χ1v) is 10.2. The zero-order valence-electron chi connectivity index (χ0n) is 17.1. The molecule has 8 nitrogen and oxygen atoms in total. The third-order valence-electron chi connectivity index (χ3n) is 4.72. The van der Waals surface area contributed by atoms with Gasteiger partial charge in [0.1, 0.15) is 22.2 Å². The highest BCUT2D eigenvalue weighted by Gasteiger charge is 2.21. The molecule has 0 unspecified atom stereocenters. The highest BCUT2D eigenvalue weighted by Crippen LogP contribution is 2.30. The van der Waals surface area contributed by atoms with Crippen LogP contribution in [0.2, 0.25) is 5.15 Å². The van der Waals surface area contributed by atoms with Gasteiger partial charge < -0.3 is 16.4 Å². The molecule has 2 heterocycles. The van der Waals surface area contributed by atoms with Crippen molar-refractivity contribution in [2.24, 2.45) is 5.73 Å². The van der Waals surface area contributed by atoms with Gasteiger partial charge in [-0.2, -0.15) is 5.10 Å². The van der Waals surface area contributed by atoms with Crippen molar-refractivity contribution < 1.29 is 14.0 Å². The molecule has 33 heavy (non-hydrogen) atoms. The van der Waals surface area contributed by atoms with Crippen LogP contribution in [0.15, 0.2) is 66.7 Å². The normalized spacial score (nSPS) is 10.6. The molecular weight excluding hydrogens is 447 g/mol. The number of anilines is 3. The fraction of sp³-hybridized carbons (Fsp3) is 0.0435.